The summed E-state index contributed by atoms with van der Waals surface area (Å²) in [5.41, 5.74) is -1.01. The molecule has 4 nitrogen and oxygen atoms in total. The van der Waals surface area contributed by atoms with E-state index in [9.17, 15) is 15.3 Å². The predicted molar refractivity (Wildman–Crippen MR) is 74.1 cm³/mol. The van der Waals surface area contributed by atoms with Crippen LogP contribution >= 0.6 is 0 Å². The molecule has 1 atom stereocenters. The fourth-order valence-corrected chi connectivity index (χ4v) is 2.00. The van der Waals surface area contributed by atoms with Gasteiger partial charge in [-0.05, 0) is 18.6 Å². The van der Waals surface area contributed by atoms with Gasteiger partial charge in [-0.1, -0.05) is 38.0 Å². The molecular weight excluding hydrogens is 244 g/mol. The number of hydrogen-bond acceptors (Lipinski definition) is 4. The van der Waals surface area contributed by atoms with Crippen molar-refractivity contribution in [1.82, 2.24) is 0 Å². The van der Waals surface area contributed by atoms with E-state index in [-0.39, 0.29) is 19.8 Å². The molecule has 0 saturated carbocycles. The molecule has 0 heterocycles. The fraction of sp³-hybridized carbons (Fsp3) is 0.600. The van der Waals surface area contributed by atoms with Crippen LogP contribution in [0.4, 0.5) is 0 Å². The molecule has 0 aliphatic rings. The van der Waals surface area contributed by atoms with Crippen LogP contribution in [0, 0.1) is 5.41 Å². The Kier molecular flexibility index (Phi) is 6.84. The van der Waals surface area contributed by atoms with Crippen molar-refractivity contribution in [3.8, 4) is 5.75 Å². The molecule has 0 saturated heterocycles. The van der Waals surface area contributed by atoms with Crippen molar-refractivity contribution in [2.75, 3.05) is 19.8 Å². The molecule has 0 aliphatic carbocycles. The van der Waals surface area contributed by atoms with Crippen LogP contribution in [0.3, 0.4) is 0 Å². The second kappa shape index (κ2) is 8.15. The van der Waals surface area contributed by atoms with E-state index in [0.29, 0.717) is 12.2 Å². The zero-order chi connectivity index (χ0) is 14.1. The monoisotopic (exact) mass is 268 g/mol. The number of unbranched alkanes of at least 4 members (excludes halogenated alkanes) is 1. The lowest BCUT2D eigenvalue weighted by Gasteiger charge is -2.36. The summed E-state index contributed by atoms with van der Waals surface area (Å²) in [6.07, 6.45) is 2.19. The van der Waals surface area contributed by atoms with E-state index in [1.165, 1.54) is 0 Å². The highest BCUT2D eigenvalue weighted by Gasteiger charge is 2.39. The van der Waals surface area contributed by atoms with Gasteiger partial charge in [0.15, 0.2) is 0 Å². The maximum atomic E-state index is 9.52. The van der Waals surface area contributed by atoms with E-state index in [1.54, 1.807) is 0 Å². The lowest BCUT2D eigenvalue weighted by atomic mass is 9.82. The number of para-hydroxylation sites is 1. The maximum Gasteiger partial charge on any atom is 0.119 e. The second-order valence-corrected chi connectivity index (χ2v) is 4.90. The van der Waals surface area contributed by atoms with E-state index in [0.717, 1.165) is 12.8 Å². The largest absolute Gasteiger partial charge is 0.490 e. The molecule has 1 aromatic carbocycles. The van der Waals surface area contributed by atoms with Gasteiger partial charge in [-0.15, -0.1) is 0 Å². The van der Waals surface area contributed by atoms with Gasteiger partial charge in [0.2, 0.25) is 0 Å². The van der Waals surface area contributed by atoms with Crippen LogP contribution in [0.25, 0.3) is 0 Å². The first-order valence-corrected chi connectivity index (χ1v) is 6.76. The Bertz CT molecular complexity index is 327. The third kappa shape index (κ3) is 4.20. The first-order valence-electron chi connectivity index (χ1n) is 6.76. The number of aliphatic hydroxyl groups excluding tert-OH is 3. The summed E-state index contributed by atoms with van der Waals surface area (Å²) >= 11 is 0. The van der Waals surface area contributed by atoms with Gasteiger partial charge in [0.05, 0.1) is 25.2 Å². The molecule has 0 bridgehead atoms. The highest BCUT2D eigenvalue weighted by molar-refractivity contribution is 5.21. The van der Waals surface area contributed by atoms with Crippen molar-refractivity contribution < 1.29 is 20.1 Å². The smallest absolute Gasteiger partial charge is 0.119 e. The number of hydrogen-bond donors (Lipinski definition) is 3. The Morgan fingerprint density at radius 2 is 1.63 bits per heavy atom. The Morgan fingerprint density at radius 3 is 2.11 bits per heavy atom. The first-order chi connectivity index (χ1) is 9.22. The summed E-state index contributed by atoms with van der Waals surface area (Å²) in [6, 6.07) is 9.28. The van der Waals surface area contributed by atoms with Crippen LogP contribution in [0.2, 0.25) is 0 Å². The topological polar surface area (TPSA) is 69.9 Å². The average Bonchev–Trinajstić information content (AvgIpc) is 2.48. The quantitative estimate of drug-likeness (QED) is 0.636. The van der Waals surface area contributed by atoms with Crippen LogP contribution in [-0.2, 0) is 0 Å². The SMILES string of the molecule is CCCCC(Oc1ccccc1)C(CO)(CO)CO. The summed E-state index contributed by atoms with van der Waals surface area (Å²) in [6.45, 7) is 1.15. The van der Waals surface area contributed by atoms with Crippen molar-refractivity contribution in [1.29, 1.82) is 0 Å². The zero-order valence-electron chi connectivity index (χ0n) is 11.5. The zero-order valence-corrected chi connectivity index (χ0v) is 11.5. The fourth-order valence-electron chi connectivity index (χ4n) is 2.00. The van der Waals surface area contributed by atoms with Crippen molar-refractivity contribution in [3.05, 3.63) is 30.3 Å². The summed E-state index contributed by atoms with van der Waals surface area (Å²) in [4.78, 5) is 0. The average molecular weight is 268 g/mol. The standard InChI is InChI=1S/C15H24O4/c1-2-3-9-14(15(10-16,11-17)12-18)19-13-7-5-4-6-8-13/h4-8,14,16-18H,2-3,9-12H2,1H3. The molecule has 1 unspecified atom stereocenters. The van der Waals surface area contributed by atoms with Gasteiger partial charge in [-0.2, -0.15) is 0 Å². The lowest BCUT2D eigenvalue weighted by molar-refractivity contribution is -0.0754. The van der Waals surface area contributed by atoms with Gasteiger partial charge in [0.25, 0.3) is 0 Å². The first kappa shape index (κ1) is 16.0. The maximum absolute atomic E-state index is 9.52. The molecule has 1 aromatic rings. The minimum Gasteiger partial charge on any atom is -0.490 e. The Morgan fingerprint density at radius 1 is 1.05 bits per heavy atom. The van der Waals surface area contributed by atoms with Gasteiger partial charge >= 0.3 is 0 Å². The summed E-state index contributed by atoms with van der Waals surface area (Å²) in [5.74, 6) is 0.684. The molecule has 108 valence electrons. The minimum atomic E-state index is -1.01. The van der Waals surface area contributed by atoms with Gasteiger partial charge < -0.3 is 20.1 Å². The van der Waals surface area contributed by atoms with E-state index in [1.807, 2.05) is 30.3 Å². The van der Waals surface area contributed by atoms with E-state index in [4.69, 9.17) is 4.74 Å². The third-order valence-corrected chi connectivity index (χ3v) is 3.47. The van der Waals surface area contributed by atoms with Crippen LogP contribution in [-0.4, -0.2) is 41.2 Å². The summed E-state index contributed by atoms with van der Waals surface area (Å²) in [7, 11) is 0. The Balaban J connectivity index is 2.86. The van der Waals surface area contributed by atoms with Gasteiger partial charge in [0.1, 0.15) is 11.9 Å². The molecule has 0 amide bonds. The number of ether oxygens (including phenoxy) is 1. The molecule has 19 heavy (non-hydrogen) atoms. The van der Waals surface area contributed by atoms with Crippen LogP contribution in [0.15, 0.2) is 30.3 Å². The molecule has 3 N–H and O–H groups in total. The predicted octanol–water partition coefficient (Wildman–Crippen LogP) is 1.59. The van der Waals surface area contributed by atoms with Crippen molar-refractivity contribution in [2.24, 2.45) is 5.41 Å². The lowest BCUT2D eigenvalue weighted by Crippen LogP contribution is -2.48. The molecule has 0 spiro atoms. The Labute approximate surface area is 114 Å². The number of benzene rings is 1. The van der Waals surface area contributed by atoms with Crippen LogP contribution < -0.4 is 4.74 Å². The van der Waals surface area contributed by atoms with Gasteiger partial charge in [-0.3, -0.25) is 0 Å². The number of rotatable bonds is 9. The molecule has 0 fully saturated rings. The van der Waals surface area contributed by atoms with E-state index < -0.39 is 11.5 Å². The summed E-state index contributed by atoms with van der Waals surface area (Å²) in [5, 5.41) is 28.6. The molecule has 0 radical (unpaired) electrons. The molecular formula is C15H24O4. The second-order valence-electron chi connectivity index (χ2n) is 4.90. The van der Waals surface area contributed by atoms with Gasteiger partial charge in [-0.25, -0.2) is 0 Å². The van der Waals surface area contributed by atoms with Gasteiger partial charge in [0, 0.05) is 0 Å². The highest BCUT2D eigenvalue weighted by atomic mass is 16.5. The number of aliphatic hydroxyl groups is 3. The van der Waals surface area contributed by atoms with E-state index in [2.05, 4.69) is 6.92 Å². The summed E-state index contributed by atoms with van der Waals surface area (Å²) < 4.78 is 5.87. The van der Waals surface area contributed by atoms with Crippen molar-refractivity contribution in [2.45, 2.75) is 32.3 Å². The van der Waals surface area contributed by atoms with Crippen molar-refractivity contribution in [3.63, 3.8) is 0 Å². The minimum absolute atomic E-state index is 0.304. The molecule has 4 heteroatoms. The highest BCUT2D eigenvalue weighted by Crippen LogP contribution is 2.29. The Hall–Kier alpha value is -1.10. The van der Waals surface area contributed by atoms with Crippen LogP contribution in [0.5, 0.6) is 5.75 Å². The third-order valence-electron chi connectivity index (χ3n) is 3.47. The van der Waals surface area contributed by atoms with E-state index >= 15 is 0 Å². The van der Waals surface area contributed by atoms with Crippen LogP contribution in [0.1, 0.15) is 26.2 Å². The van der Waals surface area contributed by atoms with Crippen molar-refractivity contribution >= 4 is 0 Å². The molecule has 0 aromatic heterocycles. The molecule has 1 rings (SSSR count). The normalized spacial score (nSPS) is 13.3. The molecule has 0 aliphatic heterocycles.